The third kappa shape index (κ3) is 59.4. The predicted octanol–water partition coefficient (Wildman–Crippen LogP) is 21.0. The summed E-state index contributed by atoms with van der Waals surface area (Å²) in [7, 11) is 0. The van der Waals surface area contributed by atoms with E-state index in [2.05, 4.69) is 31.3 Å². The summed E-state index contributed by atoms with van der Waals surface area (Å²) in [5.74, 6) is -0.0642. The second-order valence-electron chi connectivity index (χ2n) is 22.8. The molecule has 0 saturated carbocycles. The fourth-order valence-corrected chi connectivity index (χ4v) is 10.4. The smallest absolute Gasteiger partial charge is 0.305 e. The molecule has 3 N–H and O–H groups in total. The highest BCUT2D eigenvalue weighted by atomic mass is 16.5. The van der Waals surface area contributed by atoms with Crippen molar-refractivity contribution in [3.05, 3.63) is 24.3 Å². The maximum absolute atomic E-state index is 12.5. The number of aliphatic hydroxyl groups excluding tert-OH is 2. The molecule has 432 valence electrons. The van der Waals surface area contributed by atoms with E-state index in [1.807, 2.05) is 6.08 Å². The van der Waals surface area contributed by atoms with E-state index in [9.17, 15) is 19.8 Å². The van der Waals surface area contributed by atoms with Gasteiger partial charge in [-0.2, -0.15) is 0 Å². The Balaban J connectivity index is 3.42. The lowest BCUT2D eigenvalue weighted by Gasteiger charge is -2.20. The van der Waals surface area contributed by atoms with Gasteiger partial charge in [-0.1, -0.05) is 327 Å². The lowest BCUT2D eigenvalue weighted by atomic mass is 10.0. The highest BCUT2D eigenvalue weighted by Crippen LogP contribution is 2.18. The zero-order chi connectivity index (χ0) is 52.9. The van der Waals surface area contributed by atoms with E-state index in [0.29, 0.717) is 19.4 Å². The fourth-order valence-electron chi connectivity index (χ4n) is 10.4. The first-order chi connectivity index (χ1) is 36.0. The number of carbonyl (C=O) groups is 2. The Morgan fingerprint density at radius 1 is 0.370 bits per heavy atom. The van der Waals surface area contributed by atoms with Crippen molar-refractivity contribution in [2.45, 2.75) is 379 Å². The summed E-state index contributed by atoms with van der Waals surface area (Å²) in [5.41, 5.74) is 0. The molecule has 0 radical (unpaired) electrons. The Bertz CT molecular complexity index is 1140. The van der Waals surface area contributed by atoms with E-state index in [4.69, 9.17) is 4.74 Å². The largest absolute Gasteiger partial charge is 0.466 e. The summed E-state index contributed by atoms with van der Waals surface area (Å²) in [6.07, 6.45) is 78.1. The second-order valence-corrected chi connectivity index (χ2v) is 22.8. The Kier molecular flexibility index (Phi) is 61.4. The van der Waals surface area contributed by atoms with Crippen LogP contribution in [0.1, 0.15) is 367 Å². The molecule has 0 aromatic carbocycles. The Morgan fingerprint density at radius 3 is 1.01 bits per heavy atom. The summed E-state index contributed by atoms with van der Waals surface area (Å²) < 4.78 is 5.46. The number of ether oxygens (including phenoxy) is 1. The molecule has 0 saturated heterocycles. The Hall–Kier alpha value is -1.66. The number of rotatable bonds is 62. The molecule has 0 aliphatic heterocycles. The van der Waals surface area contributed by atoms with Gasteiger partial charge in [0.25, 0.3) is 0 Å². The minimum atomic E-state index is -0.846. The van der Waals surface area contributed by atoms with Crippen molar-refractivity contribution in [1.82, 2.24) is 5.32 Å². The molecule has 1 amide bonds. The van der Waals surface area contributed by atoms with Gasteiger partial charge in [-0.15, -0.1) is 0 Å². The van der Waals surface area contributed by atoms with Crippen LogP contribution in [0.5, 0.6) is 0 Å². The zero-order valence-corrected chi connectivity index (χ0v) is 49.4. The van der Waals surface area contributed by atoms with Crippen molar-refractivity contribution in [3.63, 3.8) is 0 Å². The standard InChI is InChI=1S/C67H129NO5/c1-3-5-7-9-11-13-15-16-17-18-19-20-21-22-24-27-30-33-36-40-43-47-51-55-59-65(70)64(63-69)68-66(71)60-56-52-48-44-41-37-34-31-28-25-23-26-29-32-35-38-42-46-50-54-58-62-73-67(72)61-57-53-49-45-39-14-12-10-8-6-4-2/h10,12,55,59,64-65,69-70H,3-9,11,13-54,56-58,60-63H2,1-2H3,(H,68,71)/b12-10-,59-55+. The van der Waals surface area contributed by atoms with Gasteiger partial charge in [0.1, 0.15) is 0 Å². The van der Waals surface area contributed by atoms with Crippen molar-refractivity contribution in [3.8, 4) is 0 Å². The van der Waals surface area contributed by atoms with E-state index in [0.717, 1.165) is 44.9 Å². The molecule has 0 aliphatic carbocycles. The monoisotopic (exact) mass is 1030 g/mol. The summed E-state index contributed by atoms with van der Waals surface area (Å²) >= 11 is 0. The van der Waals surface area contributed by atoms with E-state index in [-0.39, 0.29) is 18.5 Å². The molecular formula is C67H129NO5. The number of esters is 1. The van der Waals surface area contributed by atoms with E-state index in [1.54, 1.807) is 6.08 Å². The molecule has 0 fully saturated rings. The molecule has 0 spiro atoms. The minimum Gasteiger partial charge on any atom is -0.466 e. The van der Waals surface area contributed by atoms with Gasteiger partial charge in [0, 0.05) is 12.8 Å². The van der Waals surface area contributed by atoms with E-state index < -0.39 is 12.1 Å². The quantitative estimate of drug-likeness (QED) is 0.0320. The Morgan fingerprint density at radius 2 is 0.658 bits per heavy atom. The van der Waals surface area contributed by atoms with Gasteiger partial charge in [-0.05, 0) is 51.4 Å². The van der Waals surface area contributed by atoms with Gasteiger partial charge in [-0.25, -0.2) is 0 Å². The summed E-state index contributed by atoms with van der Waals surface area (Å²) in [6, 6.07) is -0.630. The van der Waals surface area contributed by atoms with E-state index in [1.165, 1.54) is 295 Å². The van der Waals surface area contributed by atoms with Crippen LogP contribution in [0.3, 0.4) is 0 Å². The van der Waals surface area contributed by atoms with Crippen LogP contribution in [0.4, 0.5) is 0 Å². The van der Waals surface area contributed by atoms with Gasteiger partial charge in [0.15, 0.2) is 0 Å². The maximum atomic E-state index is 12.5. The molecule has 73 heavy (non-hydrogen) atoms. The van der Waals surface area contributed by atoms with Crippen molar-refractivity contribution in [2.75, 3.05) is 13.2 Å². The lowest BCUT2D eigenvalue weighted by molar-refractivity contribution is -0.143. The zero-order valence-electron chi connectivity index (χ0n) is 49.4. The highest BCUT2D eigenvalue weighted by molar-refractivity contribution is 5.76. The normalized spacial score (nSPS) is 12.7. The number of allylic oxidation sites excluding steroid dienone is 3. The maximum Gasteiger partial charge on any atom is 0.305 e. The highest BCUT2D eigenvalue weighted by Gasteiger charge is 2.18. The molecule has 2 unspecified atom stereocenters. The topological polar surface area (TPSA) is 95.9 Å². The molecular weight excluding hydrogens is 899 g/mol. The molecule has 0 aromatic rings. The van der Waals surface area contributed by atoms with Gasteiger partial charge in [0.05, 0.1) is 25.4 Å². The van der Waals surface area contributed by atoms with Crippen molar-refractivity contribution in [1.29, 1.82) is 0 Å². The van der Waals surface area contributed by atoms with Crippen LogP contribution in [0, 0.1) is 0 Å². The van der Waals surface area contributed by atoms with Crippen LogP contribution >= 0.6 is 0 Å². The molecule has 6 nitrogen and oxygen atoms in total. The van der Waals surface area contributed by atoms with Gasteiger partial charge >= 0.3 is 5.97 Å². The number of hydrogen-bond acceptors (Lipinski definition) is 5. The first kappa shape index (κ1) is 71.3. The molecule has 2 atom stereocenters. The number of aliphatic hydroxyl groups is 2. The second kappa shape index (κ2) is 62.9. The van der Waals surface area contributed by atoms with Crippen LogP contribution in [-0.2, 0) is 14.3 Å². The van der Waals surface area contributed by atoms with Crippen LogP contribution in [0.25, 0.3) is 0 Å². The molecule has 0 rings (SSSR count). The Labute approximate surface area is 456 Å². The molecule has 0 aliphatic rings. The molecule has 0 bridgehead atoms. The average Bonchev–Trinajstić information content (AvgIpc) is 3.39. The minimum absolute atomic E-state index is 0.000899. The van der Waals surface area contributed by atoms with Crippen molar-refractivity contribution >= 4 is 11.9 Å². The van der Waals surface area contributed by atoms with Crippen molar-refractivity contribution < 1.29 is 24.5 Å². The van der Waals surface area contributed by atoms with Gasteiger partial charge in [0.2, 0.25) is 5.91 Å². The summed E-state index contributed by atoms with van der Waals surface area (Å²) in [6.45, 7) is 4.89. The first-order valence-corrected chi connectivity index (χ1v) is 33.1. The third-order valence-electron chi connectivity index (χ3n) is 15.5. The molecule has 6 heteroatoms. The molecule has 0 heterocycles. The number of unbranched alkanes of at least 4 members (excludes halogenated alkanes) is 49. The third-order valence-corrected chi connectivity index (χ3v) is 15.5. The van der Waals surface area contributed by atoms with Crippen LogP contribution in [0.2, 0.25) is 0 Å². The molecule has 0 aromatic heterocycles. The van der Waals surface area contributed by atoms with Gasteiger partial charge < -0.3 is 20.3 Å². The summed E-state index contributed by atoms with van der Waals surface area (Å²) in [4.78, 5) is 24.5. The van der Waals surface area contributed by atoms with Crippen LogP contribution in [0.15, 0.2) is 24.3 Å². The first-order valence-electron chi connectivity index (χ1n) is 33.1. The van der Waals surface area contributed by atoms with Crippen LogP contribution in [-0.4, -0.2) is 47.4 Å². The number of hydrogen-bond donors (Lipinski definition) is 3. The van der Waals surface area contributed by atoms with Crippen LogP contribution < -0.4 is 5.32 Å². The number of nitrogens with one attached hydrogen (secondary N) is 1. The fraction of sp³-hybridized carbons (Fsp3) is 0.910. The van der Waals surface area contributed by atoms with E-state index >= 15 is 0 Å². The lowest BCUT2D eigenvalue weighted by Crippen LogP contribution is -2.45. The SMILES string of the molecule is CCCC/C=C\CCCCCCCC(=O)OCCCCCCCCCCCCCCCCCCCCCCCC(=O)NC(CO)C(O)/C=C/CCCCCCCCCCCCCCCCCCCCCCCC. The summed E-state index contributed by atoms with van der Waals surface area (Å²) in [5, 5.41) is 23.3. The van der Waals surface area contributed by atoms with Crippen molar-refractivity contribution in [2.24, 2.45) is 0 Å². The number of carbonyl (C=O) groups excluding carboxylic acids is 2. The predicted molar refractivity (Wildman–Crippen MR) is 320 cm³/mol. The van der Waals surface area contributed by atoms with Gasteiger partial charge in [-0.3, -0.25) is 9.59 Å². The average molecular weight is 1030 g/mol. The number of amides is 1.